The normalized spacial score (nSPS) is 17.0. The number of nitrogens with two attached hydrogens (primary N) is 1. The van der Waals surface area contributed by atoms with E-state index in [1.807, 2.05) is 0 Å². The standard InChI is InChI=1S/C12H17BrFN3O3S/c13-9-7-10(14)11(15)8-12(9)21(18,19)16-1-2-17-3-5-20-6-4-17/h7-8,16H,1-6,15H2. The third-order valence-corrected chi connectivity index (χ3v) is 5.58. The fourth-order valence-electron chi connectivity index (χ4n) is 1.99. The van der Waals surface area contributed by atoms with Crippen LogP contribution in [0.2, 0.25) is 0 Å². The number of nitrogens with one attached hydrogen (secondary N) is 1. The van der Waals surface area contributed by atoms with Crippen molar-refractivity contribution in [1.29, 1.82) is 0 Å². The molecule has 0 bridgehead atoms. The van der Waals surface area contributed by atoms with Crippen LogP contribution in [-0.4, -0.2) is 52.7 Å². The van der Waals surface area contributed by atoms with E-state index >= 15 is 0 Å². The van der Waals surface area contributed by atoms with Crippen molar-refractivity contribution in [3.05, 3.63) is 22.4 Å². The van der Waals surface area contributed by atoms with E-state index in [1.165, 1.54) is 0 Å². The van der Waals surface area contributed by atoms with Gasteiger partial charge in [-0.1, -0.05) is 0 Å². The number of hydrogen-bond acceptors (Lipinski definition) is 5. The van der Waals surface area contributed by atoms with Gasteiger partial charge in [0, 0.05) is 30.7 Å². The summed E-state index contributed by atoms with van der Waals surface area (Å²) in [5, 5.41) is 0. The predicted molar refractivity (Wildman–Crippen MR) is 81.0 cm³/mol. The molecule has 1 aliphatic heterocycles. The number of nitrogen functional groups attached to an aromatic ring is 1. The molecule has 1 fully saturated rings. The number of anilines is 1. The number of sulfonamides is 1. The average Bonchev–Trinajstić information content (AvgIpc) is 2.43. The zero-order valence-electron chi connectivity index (χ0n) is 11.3. The van der Waals surface area contributed by atoms with Gasteiger partial charge >= 0.3 is 0 Å². The monoisotopic (exact) mass is 381 g/mol. The van der Waals surface area contributed by atoms with Crippen LogP contribution in [0.1, 0.15) is 0 Å². The average molecular weight is 382 g/mol. The summed E-state index contributed by atoms with van der Waals surface area (Å²) >= 11 is 3.04. The molecular weight excluding hydrogens is 365 g/mol. The highest BCUT2D eigenvalue weighted by molar-refractivity contribution is 9.10. The van der Waals surface area contributed by atoms with Gasteiger partial charge in [-0.25, -0.2) is 17.5 Å². The van der Waals surface area contributed by atoms with Gasteiger partial charge in [-0.05, 0) is 28.1 Å². The van der Waals surface area contributed by atoms with Crippen LogP contribution < -0.4 is 10.5 Å². The van der Waals surface area contributed by atoms with Gasteiger partial charge in [-0.3, -0.25) is 4.90 Å². The maximum Gasteiger partial charge on any atom is 0.241 e. The molecule has 1 aromatic rings. The summed E-state index contributed by atoms with van der Waals surface area (Å²) in [6.45, 7) is 3.76. The molecule has 1 heterocycles. The predicted octanol–water partition coefficient (Wildman–Crippen LogP) is 0.781. The third-order valence-electron chi connectivity index (χ3n) is 3.16. The molecule has 0 aliphatic carbocycles. The first-order valence-electron chi connectivity index (χ1n) is 6.44. The number of rotatable bonds is 5. The molecule has 0 radical (unpaired) electrons. The number of morpholine rings is 1. The number of ether oxygens (including phenoxy) is 1. The van der Waals surface area contributed by atoms with E-state index in [1.54, 1.807) is 0 Å². The van der Waals surface area contributed by atoms with Gasteiger partial charge in [0.2, 0.25) is 10.0 Å². The zero-order valence-corrected chi connectivity index (χ0v) is 13.7. The number of benzene rings is 1. The Labute approximate surface area is 131 Å². The minimum Gasteiger partial charge on any atom is -0.396 e. The summed E-state index contributed by atoms with van der Waals surface area (Å²) in [5.41, 5.74) is 5.22. The van der Waals surface area contributed by atoms with Gasteiger partial charge in [-0.15, -0.1) is 0 Å². The molecule has 1 aliphatic rings. The highest BCUT2D eigenvalue weighted by Gasteiger charge is 2.20. The van der Waals surface area contributed by atoms with Crippen molar-refractivity contribution in [2.75, 3.05) is 45.1 Å². The van der Waals surface area contributed by atoms with Gasteiger partial charge in [0.05, 0.1) is 23.8 Å². The minimum absolute atomic E-state index is 0.0663. The topological polar surface area (TPSA) is 84.7 Å². The molecule has 9 heteroatoms. The van der Waals surface area contributed by atoms with E-state index in [-0.39, 0.29) is 21.6 Å². The van der Waals surface area contributed by atoms with Crippen molar-refractivity contribution < 1.29 is 17.5 Å². The Hall–Kier alpha value is -0.740. The maximum atomic E-state index is 13.3. The molecule has 1 aromatic carbocycles. The van der Waals surface area contributed by atoms with E-state index in [2.05, 4.69) is 25.6 Å². The molecule has 0 amide bonds. The Bertz CT molecular complexity index is 606. The van der Waals surface area contributed by atoms with Crippen molar-refractivity contribution in [2.24, 2.45) is 0 Å². The first-order valence-corrected chi connectivity index (χ1v) is 8.72. The second-order valence-electron chi connectivity index (χ2n) is 4.66. The van der Waals surface area contributed by atoms with Crippen LogP contribution in [0, 0.1) is 5.82 Å². The number of nitrogens with zero attached hydrogens (tertiary/aromatic N) is 1. The van der Waals surface area contributed by atoms with Gasteiger partial charge in [-0.2, -0.15) is 0 Å². The first-order chi connectivity index (χ1) is 9.90. The molecule has 6 nitrogen and oxygen atoms in total. The van der Waals surface area contributed by atoms with Gasteiger partial charge < -0.3 is 10.5 Å². The van der Waals surface area contributed by atoms with Crippen LogP contribution in [0.4, 0.5) is 10.1 Å². The van der Waals surface area contributed by atoms with Gasteiger partial charge in [0.15, 0.2) is 0 Å². The lowest BCUT2D eigenvalue weighted by atomic mass is 10.3. The lowest BCUT2D eigenvalue weighted by Gasteiger charge is -2.26. The van der Waals surface area contributed by atoms with E-state index in [9.17, 15) is 12.8 Å². The van der Waals surface area contributed by atoms with Crippen LogP contribution in [0.3, 0.4) is 0 Å². The zero-order chi connectivity index (χ0) is 15.5. The number of hydrogen-bond donors (Lipinski definition) is 2. The molecule has 2 rings (SSSR count). The fourth-order valence-corrected chi connectivity index (χ4v) is 4.06. The Kier molecular flexibility index (Phi) is 5.55. The summed E-state index contributed by atoms with van der Waals surface area (Å²) in [7, 11) is -3.73. The summed E-state index contributed by atoms with van der Waals surface area (Å²) in [6, 6.07) is 2.16. The van der Waals surface area contributed by atoms with Crippen LogP contribution in [0.5, 0.6) is 0 Å². The second-order valence-corrected chi connectivity index (χ2v) is 7.25. The Morgan fingerprint density at radius 1 is 1.38 bits per heavy atom. The summed E-state index contributed by atoms with van der Waals surface area (Å²) in [4.78, 5) is 2.04. The molecule has 0 atom stereocenters. The molecule has 0 spiro atoms. The quantitative estimate of drug-likeness (QED) is 0.736. The van der Waals surface area contributed by atoms with Crippen LogP contribution in [0.15, 0.2) is 21.5 Å². The molecule has 0 saturated carbocycles. The van der Waals surface area contributed by atoms with Crippen molar-refractivity contribution >= 4 is 31.6 Å². The summed E-state index contributed by atoms with van der Waals surface area (Å²) < 4.78 is 45.5. The lowest BCUT2D eigenvalue weighted by molar-refractivity contribution is 0.0390. The smallest absolute Gasteiger partial charge is 0.241 e. The first kappa shape index (κ1) is 16.6. The van der Waals surface area contributed by atoms with Crippen molar-refractivity contribution in [3.8, 4) is 0 Å². The highest BCUT2D eigenvalue weighted by Crippen LogP contribution is 2.26. The van der Waals surface area contributed by atoms with Gasteiger partial charge in [0.25, 0.3) is 0 Å². The molecule has 0 unspecified atom stereocenters. The third kappa shape index (κ3) is 4.36. The number of halogens is 2. The highest BCUT2D eigenvalue weighted by atomic mass is 79.9. The molecule has 3 N–H and O–H groups in total. The van der Waals surface area contributed by atoms with Crippen molar-refractivity contribution in [2.45, 2.75) is 4.90 Å². The Balaban J connectivity index is 1.99. The van der Waals surface area contributed by atoms with Crippen molar-refractivity contribution in [1.82, 2.24) is 9.62 Å². The van der Waals surface area contributed by atoms with Crippen LogP contribution in [-0.2, 0) is 14.8 Å². The fraction of sp³-hybridized carbons (Fsp3) is 0.500. The molecular formula is C12H17BrFN3O3S. The molecule has 21 heavy (non-hydrogen) atoms. The minimum atomic E-state index is -3.73. The van der Waals surface area contributed by atoms with E-state index < -0.39 is 15.8 Å². The van der Waals surface area contributed by atoms with E-state index in [0.29, 0.717) is 19.8 Å². The Morgan fingerprint density at radius 2 is 2.05 bits per heavy atom. The summed E-state index contributed by atoms with van der Waals surface area (Å²) in [6.07, 6.45) is 0. The maximum absolute atomic E-state index is 13.3. The largest absolute Gasteiger partial charge is 0.396 e. The van der Waals surface area contributed by atoms with E-state index in [4.69, 9.17) is 10.5 Å². The van der Waals surface area contributed by atoms with Crippen molar-refractivity contribution in [3.63, 3.8) is 0 Å². The molecule has 118 valence electrons. The van der Waals surface area contributed by atoms with E-state index in [0.717, 1.165) is 25.2 Å². The Morgan fingerprint density at radius 3 is 2.71 bits per heavy atom. The molecule has 0 aromatic heterocycles. The van der Waals surface area contributed by atoms with Crippen LogP contribution >= 0.6 is 15.9 Å². The van der Waals surface area contributed by atoms with Gasteiger partial charge in [0.1, 0.15) is 5.82 Å². The SMILES string of the molecule is Nc1cc(S(=O)(=O)NCCN2CCOCC2)c(Br)cc1F. The lowest BCUT2D eigenvalue weighted by Crippen LogP contribution is -2.41. The summed E-state index contributed by atoms with van der Waals surface area (Å²) in [5.74, 6) is -0.658. The molecule has 1 saturated heterocycles. The van der Waals surface area contributed by atoms with Crippen LogP contribution in [0.25, 0.3) is 0 Å². The second kappa shape index (κ2) is 7.01.